The molecule has 0 saturated carbocycles. The Morgan fingerprint density at radius 1 is 1.21 bits per heavy atom. The number of hydrogen-bond acceptors (Lipinski definition) is 3. The van der Waals surface area contributed by atoms with Crippen LogP contribution in [0.4, 0.5) is 0 Å². The normalized spacial score (nSPS) is 14.4. The lowest BCUT2D eigenvalue weighted by atomic mass is 10.0. The minimum absolute atomic E-state index is 0.331. The molecule has 0 aliphatic carbocycles. The van der Waals surface area contributed by atoms with Crippen molar-refractivity contribution in [1.82, 2.24) is 0 Å². The lowest BCUT2D eigenvalue weighted by Crippen LogP contribution is -2.04. The number of unbranched alkanes of at least 4 members (excludes halogenated alkanes) is 1. The van der Waals surface area contributed by atoms with Crippen molar-refractivity contribution in [2.75, 3.05) is 12.8 Å². The highest BCUT2D eigenvalue weighted by Crippen LogP contribution is 2.50. The van der Waals surface area contributed by atoms with E-state index in [-0.39, 0.29) is 0 Å². The molecule has 0 bridgehead atoms. The average Bonchev–Trinajstić information content (AvgIpc) is 2.37. The smallest absolute Gasteiger partial charge is 0.379 e. The molecule has 108 valence electrons. The second-order valence-electron chi connectivity index (χ2n) is 4.89. The Morgan fingerprint density at radius 2 is 1.89 bits per heavy atom. The van der Waals surface area contributed by atoms with E-state index in [2.05, 4.69) is 20.8 Å². The van der Waals surface area contributed by atoms with Gasteiger partial charge in [0.05, 0.1) is 12.8 Å². The first-order valence-electron chi connectivity index (χ1n) is 7.04. The first-order valence-corrected chi connectivity index (χ1v) is 8.77. The van der Waals surface area contributed by atoms with Crippen LogP contribution in [0.3, 0.4) is 0 Å². The van der Waals surface area contributed by atoms with E-state index in [4.69, 9.17) is 9.05 Å². The molecule has 19 heavy (non-hydrogen) atoms. The van der Waals surface area contributed by atoms with Gasteiger partial charge >= 0.3 is 7.60 Å². The number of para-hydroxylation sites is 1. The van der Waals surface area contributed by atoms with E-state index >= 15 is 0 Å². The van der Waals surface area contributed by atoms with Gasteiger partial charge in [0.1, 0.15) is 5.75 Å². The SMILES string of the molecule is CCCCP(=O)(OCC)Oc1ccccc1C(C)C. The minimum atomic E-state index is -3.02. The molecule has 1 aromatic rings. The summed E-state index contributed by atoms with van der Waals surface area (Å²) in [7, 11) is -3.02. The zero-order valence-electron chi connectivity index (χ0n) is 12.4. The van der Waals surface area contributed by atoms with Crippen LogP contribution in [0.5, 0.6) is 5.75 Å². The van der Waals surface area contributed by atoms with Crippen LogP contribution in [0.2, 0.25) is 0 Å². The first kappa shape index (κ1) is 16.3. The molecule has 0 heterocycles. The van der Waals surface area contributed by atoms with E-state index in [9.17, 15) is 4.57 Å². The van der Waals surface area contributed by atoms with Crippen molar-refractivity contribution in [3.63, 3.8) is 0 Å². The van der Waals surface area contributed by atoms with E-state index in [1.54, 1.807) is 0 Å². The molecular formula is C15H25O3P. The Labute approximate surface area is 116 Å². The molecule has 4 heteroatoms. The van der Waals surface area contributed by atoms with E-state index in [0.717, 1.165) is 18.4 Å². The Bertz CT molecular complexity index is 429. The van der Waals surface area contributed by atoms with Crippen LogP contribution in [-0.2, 0) is 9.09 Å². The maximum absolute atomic E-state index is 12.7. The molecule has 0 aliphatic rings. The van der Waals surface area contributed by atoms with Crippen LogP contribution >= 0.6 is 7.60 Å². The van der Waals surface area contributed by atoms with Gasteiger partial charge in [-0.3, -0.25) is 0 Å². The predicted molar refractivity (Wildman–Crippen MR) is 80.2 cm³/mol. The van der Waals surface area contributed by atoms with Crippen molar-refractivity contribution >= 4 is 7.60 Å². The highest BCUT2D eigenvalue weighted by Gasteiger charge is 2.26. The molecule has 0 aliphatic heterocycles. The minimum Gasteiger partial charge on any atom is -0.424 e. The second kappa shape index (κ2) is 7.72. The van der Waals surface area contributed by atoms with Gasteiger partial charge in [0.25, 0.3) is 0 Å². The summed E-state index contributed by atoms with van der Waals surface area (Å²) in [6.45, 7) is 8.51. The molecule has 0 amide bonds. The van der Waals surface area contributed by atoms with Crippen molar-refractivity contribution in [3.8, 4) is 5.75 Å². The largest absolute Gasteiger partial charge is 0.424 e. The summed E-state index contributed by atoms with van der Waals surface area (Å²) in [5.41, 5.74) is 1.07. The van der Waals surface area contributed by atoms with Crippen LogP contribution in [-0.4, -0.2) is 12.8 Å². The van der Waals surface area contributed by atoms with Gasteiger partial charge in [-0.15, -0.1) is 0 Å². The molecule has 3 nitrogen and oxygen atoms in total. The summed E-state index contributed by atoms with van der Waals surface area (Å²) in [4.78, 5) is 0. The fourth-order valence-electron chi connectivity index (χ4n) is 1.88. The van der Waals surface area contributed by atoms with Crippen LogP contribution in [0.25, 0.3) is 0 Å². The third-order valence-electron chi connectivity index (χ3n) is 2.89. The second-order valence-corrected chi connectivity index (χ2v) is 7.00. The fraction of sp³-hybridized carbons (Fsp3) is 0.600. The van der Waals surface area contributed by atoms with Gasteiger partial charge < -0.3 is 9.05 Å². The van der Waals surface area contributed by atoms with Crippen LogP contribution in [0.1, 0.15) is 52.0 Å². The van der Waals surface area contributed by atoms with Gasteiger partial charge in [0.2, 0.25) is 0 Å². The van der Waals surface area contributed by atoms with E-state index in [1.165, 1.54) is 0 Å². The topological polar surface area (TPSA) is 35.5 Å². The summed E-state index contributed by atoms with van der Waals surface area (Å²) in [6, 6.07) is 7.75. The maximum atomic E-state index is 12.7. The van der Waals surface area contributed by atoms with Crippen LogP contribution in [0, 0.1) is 0 Å². The molecule has 0 spiro atoms. The van der Waals surface area contributed by atoms with Gasteiger partial charge in [-0.05, 0) is 30.9 Å². The maximum Gasteiger partial charge on any atom is 0.379 e. The molecule has 1 rings (SSSR count). The Hall–Kier alpha value is -0.790. The molecule has 0 saturated heterocycles. The molecule has 0 N–H and O–H groups in total. The van der Waals surface area contributed by atoms with Gasteiger partial charge in [-0.2, -0.15) is 0 Å². The fourth-order valence-corrected chi connectivity index (χ4v) is 3.71. The van der Waals surface area contributed by atoms with Crippen molar-refractivity contribution < 1.29 is 13.6 Å². The molecule has 1 aromatic carbocycles. The Balaban J connectivity index is 2.93. The summed E-state index contributed by atoms with van der Waals surface area (Å²) < 4.78 is 23.8. The lowest BCUT2D eigenvalue weighted by molar-refractivity contribution is 0.277. The van der Waals surface area contributed by atoms with Crippen molar-refractivity contribution in [2.24, 2.45) is 0 Å². The Kier molecular flexibility index (Phi) is 6.60. The quantitative estimate of drug-likeness (QED) is 0.614. The average molecular weight is 284 g/mol. The third kappa shape index (κ3) is 5.00. The molecule has 1 unspecified atom stereocenters. The highest BCUT2D eigenvalue weighted by atomic mass is 31.2. The van der Waals surface area contributed by atoms with Crippen LogP contribution < -0.4 is 4.52 Å². The summed E-state index contributed by atoms with van der Waals surface area (Å²) >= 11 is 0. The molecule has 1 atom stereocenters. The van der Waals surface area contributed by atoms with E-state index < -0.39 is 7.60 Å². The Morgan fingerprint density at radius 3 is 2.47 bits per heavy atom. The van der Waals surface area contributed by atoms with Gasteiger partial charge in [0, 0.05) is 0 Å². The van der Waals surface area contributed by atoms with Gasteiger partial charge in [0.15, 0.2) is 0 Å². The number of hydrogen-bond donors (Lipinski definition) is 0. The number of rotatable bonds is 8. The monoisotopic (exact) mass is 284 g/mol. The zero-order chi connectivity index (χ0) is 14.3. The predicted octanol–water partition coefficient (Wildman–Crippen LogP) is 5.22. The zero-order valence-corrected chi connectivity index (χ0v) is 13.3. The first-order chi connectivity index (χ1) is 9.02. The van der Waals surface area contributed by atoms with Crippen molar-refractivity contribution in [2.45, 2.75) is 46.5 Å². The molecule has 0 radical (unpaired) electrons. The molecule has 0 aromatic heterocycles. The molecular weight excluding hydrogens is 259 g/mol. The summed E-state index contributed by atoms with van der Waals surface area (Å²) in [5.74, 6) is 1.02. The molecule has 0 fully saturated rings. The summed E-state index contributed by atoms with van der Waals surface area (Å²) in [5, 5.41) is 0. The third-order valence-corrected chi connectivity index (χ3v) is 4.88. The highest BCUT2D eigenvalue weighted by molar-refractivity contribution is 7.54. The van der Waals surface area contributed by atoms with E-state index in [1.807, 2.05) is 31.2 Å². The van der Waals surface area contributed by atoms with Crippen molar-refractivity contribution in [3.05, 3.63) is 29.8 Å². The van der Waals surface area contributed by atoms with Crippen molar-refractivity contribution in [1.29, 1.82) is 0 Å². The lowest BCUT2D eigenvalue weighted by Gasteiger charge is -2.21. The number of benzene rings is 1. The van der Waals surface area contributed by atoms with Gasteiger partial charge in [-0.25, -0.2) is 4.57 Å². The summed E-state index contributed by atoms with van der Waals surface area (Å²) in [6.07, 6.45) is 2.30. The van der Waals surface area contributed by atoms with E-state index in [0.29, 0.717) is 24.4 Å². The van der Waals surface area contributed by atoms with Crippen LogP contribution in [0.15, 0.2) is 24.3 Å². The standard InChI is InChI=1S/C15H25O3P/c1-5-7-12-19(16,17-6-2)18-15-11-9-8-10-14(15)13(3)4/h8-11,13H,5-7,12H2,1-4H3. The van der Waals surface area contributed by atoms with Gasteiger partial charge in [-0.1, -0.05) is 45.4 Å².